The zero-order valence-corrected chi connectivity index (χ0v) is 19.1. The summed E-state index contributed by atoms with van der Waals surface area (Å²) in [4.78, 5) is 16.1. The quantitative estimate of drug-likeness (QED) is 0.673. The second-order valence-corrected chi connectivity index (χ2v) is 8.56. The first-order valence-corrected chi connectivity index (χ1v) is 10.4. The van der Waals surface area contributed by atoms with Gasteiger partial charge in [-0.05, 0) is 88.8 Å². The number of nitrogens with zero attached hydrogens (tertiary/aromatic N) is 1. The fourth-order valence-corrected chi connectivity index (χ4v) is 4.15. The number of aryl methyl sites for hydroxylation is 2. The molecule has 2 aromatic rings. The molecule has 0 aliphatic carbocycles. The lowest BCUT2D eigenvalue weighted by molar-refractivity contribution is -0.139. The van der Waals surface area contributed by atoms with Gasteiger partial charge < -0.3 is 19.9 Å². The Hall–Kier alpha value is -2.67. The molecule has 30 heavy (non-hydrogen) atoms. The molecule has 0 saturated heterocycles. The number of thiocarbonyl (C=S) groups is 1. The molecule has 1 atom stereocenters. The molecular formula is C23H28N2O4S. The molecule has 1 aromatic carbocycles. The van der Waals surface area contributed by atoms with Crippen molar-refractivity contribution in [2.45, 2.75) is 60.0 Å². The highest BCUT2D eigenvalue weighted by Gasteiger charge is 2.38. The maximum atomic E-state index is 10.9. The van der Waals surface area contributed by atoms with Crippen LogP contribution in [0.2, 0.25) is 0 Å². The molecule has 1 aromatic heterocycles. The number of aromatic nitrogens is 1. The molecule has 3 rings (SSSR count). The fourth-order valence-electron chi connectivity index (χ4n) is 3.90. The van der Waals surface area contributed by atoms with Crippen molar-refractivity contribution < 1.29 is 19.4 Å². The van der Waals surface area contributed by atoms with E-state index in [0.717, 1.165) is 51.5 Å². The summed E-state index contributed by atoms with van der Waals surface area (Å²) in [7, 11) is 0. The first-order chi connectivity index (χ1) is 14.0. The summed E-state index contributed by atoms with van der Waals surface area (Å²) in [6.45, 7) is 11.4. The van der Waals surface area contributed by atoms with E-state index in [-0.39, 0.29) is 6.61 Å². The Morgan fingerprint density at radius 3 is 2.57 bits per heavy atom. The van der Waals surface area contributed by atoms with Crippen LogP contribution in [0.15, 0.2) is 12.1 Å². The fraction of sp³-hybridized carbons (Fsp3) is 0.435. The minimum Gasteiger partial charge on any atom is -0.481 e. The van der Waals surface area contributed by atoms with Crippen molar-refractivity contribution in [1.29, 1.82) is 0 Å². The number of rotatable bonds is 5. The van der Waals surface area contributed by atoms with Gasteiger partial charge >= 0.3 is 5.97 Å². The van der Waals surface area contributed by atoms with Gasteiger partial charge in [0.2, 0.25) is 0 Å². The van der Waals surface area contributed by atoms with Crippen molar-refractivity contribution in [2.24, 2.45) is 0 Å². The summed E-state index contributed by atoms with van der Waals surface area (Å²) in [5.74, 6) is 1.15. The summed E-state index contributed by atoms with van der Waals surface area (Å²) >= 11 is 5.72. The van der Waals surface area contributed by atoms with Gasteiger partial charge in [-0.2, -0.15) is 0 Å². The Morgan fingerprint density at radius 2 is 1.93 bits per heavy atom. The number of ether oxygens (including phenoxy) is 2. The molecule has 1 aliphatic rings. The highest BCUT2D eigenvalue weighted by molar-refractivity contribution is 7.80. The SMILES string of the molecule is Cc1cc(C)nc(NC(=S)C2(C)CCc3c(C)c(OCC(=O)O)c(C)c(C)c3O2)c1. The third-order valence-electron chi connectivity index (χ3n) is 5.65. The third-order valence-corrected chi connectivity index (χ3v) is 6.18. The Bertz CT molecular complexity index is 1010. The van der Waals surface area contributed by atoms with Gasteiger partial charge in [-0.3, -0.25) is 0 Å². The van der Waals surface area contributed by atoms with Crippen LogP contribution >= 0.6 is 12.2 Å². The van der Waals surface area contributed by atoms with Crippen molar-refractivity contribution in [3.63, 3.8) is 0 Å². The minimum atomic E-state index is -0.996. The van der Waals surface area contributed by atoms with Crippen molar-refractivity contribution in [1.82, 2.24) is 4.98 Å². The van der Waals surface area contributed by atoms with E-state index in [1.165, 1.54) is 0 Å². The lowest BCUT2D eigenvalue weighted by Crippen LogP contribution is -2.47. The Kier molecular flexibility index (Phi) is 6.04. The average molecular weight is 429 g/mol. The number of carboxylic acids is 1. The third kappa shape index (κ3) is 4.26. The second-order valence-electron chi connectivity index (χ2n) is 8.15. The summed E-state index contributed by atoms with van der Waals surface area (Å²) in [6.07, 6.45) is 1.45. The zero-order valence-electron chi connectivity index (χ0n) is 18.3. The molecule has 2 heterocycles. The first kappa shape index (κ1) is 22.0. The highest BCUT2D eigenvalue weighted by Crippen LogP contribution is 2.44. The van der Waals surface area contributed by atoms with E-state index in [1.807, 2.05) is 53.7 Å². The molecule has 7 heteroatoms. The Morgan fingerprint density at radius 1 is 1.23 bits per heavy atom. The molecule has 0 amide bonds. The van der Waals surface area contributed by atoms with Crippen LogP contribution in [0.4, 0.5) is 5.82 Å². The summed E-state index contributed by atoms with van der Waals surface area (Å²) in [5.41, 5.74) is 5.16. The van der Waals surface area contributed by atoms with Crippen LogP contribution in [0, 0.1) is 34.6 Å². The monoisotopic (exact) mass is 428 g/mol. The number of carbonyl (C=O) groups is 1. The molecule has 160 valence electrons. The molecule has 0 bridgehead atoms. The van der Waals surface area contributed by atoms with Gasteiger partial charge in [-0.1, -0.05) is 12.2 Å². The zero-order chi connectivity index (χ0) is 22.2. The summed E-state index contributed by atoms with van der Waals surface area (Å²) < 4.78 is 12.1. The number of hydrogen-bond acceptors (Lipinski definition) is 5. The number of carboxylic acid groups (broad SMARTS) is 1. The molecule has 6 nitrogen and oxygen atoms in total. The number of pyridine rings is 1. The number of anilines is 1. The van der Waals surface area contributed by atoms with Gasteiger partial charge in [0.1, 0.15) is 22.3 Å². The molecule has 0 radical (unpaired) electrons. The van der Waals surface area contributed by atoms with Crippen LogP contribution < -0.4 is 14.8 Å². The largest absolute Gasteiger partial charge is 0.481 e. The average Bonchev–Trinajstić information content (AvgIpc) is 2.65. The number of fused-ring (bicyclic) bond motifs is 1. The van der Waals surface area contributed by atoms with Gasteiger partial charge in [-0.15, -0.1) is 0 Å². The Labute approximate surface area is 182 Å². The Balaban J connectivity index is 1.90. The van der Waals surface area contributed by atoms with E-state index < -0.39 is 11.6 Å². The van der Waals surface area contributed by atoms with Crippen molar-refractivity contribution in [2.75, 3.05) is 11.9 Å². The van der Waals surface area contributed by atoms with Crippen molar-refractivity contribution in [3.8, 4) is 11.5 Å². The van der Waals surface area contributed by atoms with E-state index in [1.54, 1.807) is 0 Å². The number of aliphatic carboxylic acids is 1. The number of hydrogen-bond donors (Lipinski definition) is 2. The molecule has 0 saturated carbocycles. The smallest absolute Gasteiger partial charge is 0.341 e. The lowest BCUT2D eigenvalue weighted by atomic mass is 9.87. The first-order valence-electron chi connectivity index (χ1n) is 9.95. The van der Waals surface area contributed by atoms with Crippen molar-refractivity contribution >= 4 is 29.0 Å². The van der Waals surface area contributed by atoms with Gasteiger partial charge in [0.25, 0.3) is 0 Å². The van der Waals surface area contributed by atoms with E-state index in [4.69, 9.17) is 26.8 Å². The van der Waals surface area contributed by atoms with Crippen LogP contribution in [0.5, 0.6) is 11.5 Å². The van der Waals surface area contributed by atoms with E-state index >= 15 is 0 Å². The number of nitrogens with one attached hydrogen (secondary N) is 1. The maximum absolute atomic E-state index is 10.9. The number of benzene rings is 1. The topological polar surface area (TPSA) is 80.7 Å². The summed E-state index contributed by atoms with van der Waals surface area (Å²) in [6, 6.07) is 3.98. The molecule has 1 aliphatic heterocycles. The van der Waals surface area contributed by atoms with E-state index in [9.17, 15) is 4.79 Å². The molecule has 0 spiro atoms. The standard InChI is InChI=1S/C23H28N2O4S/c1-12-9-13(2)24-18(10-12)25-22(30)23(6)8-7-17-16(5)20(28-11-19(26)27)14(3)15(4)21(17)29-23/h9-10H,7-8,11H2,1-6H3,(H,26,27)(H,24,25,30). The van der Waals surface area contributed by atoms with Crippen LogP contribution in [-0.4, -0.2) is 33.3 Å². The van der Waals surface area contributed by atoms with Crippen LogP contribution in [0.1, 0.15) is 46.9 Å². The predicted molar refractivity (Wildman–Crippen MR) is 121 cm³/mol. The highest BCUT2D eigenvalue weighted by atomic mass is 32.1. The predicted octanol–water partition coefficient (Wildman–Crippen LogP) is 4.61. The van der Waals surface area contributed by atoms with Crippen molar-refractivity contribution in [3.05, 3.63) is 45.6 Å². The molecule has 0 fully saturated rings. The normalized spacial score (nSPS) is 17.7. The molecular weight excluding hydrogens is 400 g/mol. The second kappa shape index (κ2) is 8.22. The maximum Gasteiger partial charge on any atom is 0.341 e. The van der Waals surface area contributed by atoms with Gasteiger partial charge in [-0.25, -0.2) is 9.78 Å². The van der Waals surface area contributed by atoms with Gasteiger partial charge in [0.05, 0.1) is 0 Å². The minimum absolute atomic E-state index is 0.366. The van der Waals surface area contributed by atoms with Gasteiger partial charge in [0.15, 0.2) is 12.2 Å². The molecule has 2 N–H and O–H groups in total. The van der Waals surface area contributed by atoms with Crippen LogP contribution in [0.25, 0.3) is 0 Å². The van der Waals surface area contributed by atoms with E-state index in [2.05, 4.69) is 10.3 Å². The van der Waals surface area contributed by atoms with Gasteiger partial charge in [0, 0.05) is 11.3 Å². The van der Waals surface area contributed by atoms with Crippen LogP contribution in [-0.2, 0) is 11.2 Å². The summed E-state index contributed by atoms with van der Waals surface area (Å²) in [5, 5.41) is 12.2. The van der Waals surface area contributed by atoms with E-state index in [0.29, 0.717) is 17.2 Å². The molecule has 1 unspecified atom stereocenters. The van der Waals surface area contributed by atoms with Crippen LogP contribution in [0.3, 0.4) is 0 Å². The lowest BCUT2D eigenvalue weighted by Gasteiger charge is -2.38.